The molecule has 2 aliphatic rings. The molecule has 13 heteroatoms. The SMILES string of the molecule is C/C=S(\C)N1CCN(c2ncc3c(-c4cc(C(F)(F)F)c(F)c(O)c4F)nn(C)c3n2)[C@@H](CC2CCCCC2)C1. The van der Waals surface area contributed by atoms with Gasteiger partial charge in [-0.2, -0.15) is 23.3 Å². The number of halogens is 5. The summed E-state index contributed by atoms with van der Waals surface area (Å²) in [5, 5.41) is 16.4. The summed E-state index contributed by atoms with van der Waals surface area (Å²) in [6.07, 6.45) is 5.70. The molecule has 1 N–H and O–H groups in total. The highest BCUT2D eigenvalue weighted by Gasteiger charge is 2.38. The normalized spacial score (nSPS) is 20.5. The molecular formula is C27H33F5N6OS. The summed E-state index contributed by atoms with van der Waals surface area (Å²) < 4.78 is 73.0. The standard InChI is InChI=1S/C27H33F5N6OS/c1-4-40(3)37-10-11-38(17(15-37)12-16-8-6-5-7-9-16)26-33-14-19-23(35-36(2)25(19)34-26)18-13-20(27(30,31)32)22(29)24(39)21(18)28/h4,13-14,16-17,39H,5-12,15H2,1-3H3/t17-,40?/m0/s1. The summed E-state index contributed by atoms with van der Waals surface area (Å²) in [6.45, 7) is 4.50. The van der Waals surface area contributed by atoms with Crippen molar-refractivity contribution in [2.24, 2.45) is 13.0 Å². The number of aryl methyl sites for hydroxylation is 1. The van der Waals surface area contributed by atoms with E-state index in [9.17, 15) is 27.1 Å². The number of hydrogen-bond donors (Lipinski definition) is 1. The van der Waals surface area contributed by atoms with Crippen LogP contribution in [0.3, 0.4) is 0 Å². The third-order valence-electron chi connectivity index (χ3n) is 8.09. The van der Waals surface area contributed by atoms with Gasteiger partial charge in [0.05, 0.1) is 10.9 Å². The molecular weight excluding hydrogens is 551 g/mol. The van der Waals surface area contributed by atoms with Crippen molar-refractivity contribution in [2.45, 2.75) is 57.7 Å². The first-order valence-corrected chi connectivity index (χ1v) is 15.1. The number of hydrogen-bond acceptors (Lipinski definition) is 6. The fraction of sp³-hybridized carbons (Fsp3) is 0.556. The Hall–Kier alpha value is -2.80. The number of anilines is 1. The number of nitrogens with zero attached hydrogens (tertiary/aromatic N) is 6. The first-order chi connectivity index (χ1) is 19.0. The Balaban J connectivity index is 1.53. The molecule has 218 valence electrons. The Labute approximate surface area is 232 Å². The van der Waals surface area contributed by atoms with Crippen LogP contribution in [0.1, 0.15) is 51.0 Å². The molecule has 7 nitrogen and oxygen atoms in total. The van der Waals surface area contributed by atoms with Crippen molar-refractivity contribution in [1.82, 2.24) is 24.1 Å². The zero-order chi connectivity index (χ0) is 28.8. The Morgan fingerprint density at radius 1 is 1.12 bits per heavy atom. The highest BCUT2D eigenvalue weighted by Crippen LogP contribution is 2.41. The van der Waals surface area contributed by atoms with Crippen LogP contribution in [0.2, 0.25) is 0 Å². The number of aromatic nitrogens is 4. The van der Waals surface area contributed by atoms with E-state index >= 15 is 0 Å². The van der Waals surface area contributed by atoms with Crippen molar-refractivity contribution >= 4 is 33.0 Å². The molecule has 1 aliphatic heterocycles. The van der Waals surface area contributed by atoms with Crippen molar-refractivity contribution in [3.8, 4) is 17.0 Å². The molecule has 2 fully saturated rings. The lowest BCUT2D eigenvalue weighted by Crippen LogP contribution is -2.53. The number of phenols is 1. The van der Waals surface area contributed by atoms with Gasteiger partial charge in [-0.3, -0.25) is 4.31 Å². The predicted molar refractivity (Wildman–Crippen MR) is 147 cm³/mol. The third-order valence-corrected chi connectivity index (χ3v) is 9.91. The van der Waals surface area contributed by atoms with Crippen LogP contribution in [0.5, 0.6) is 5.75 Å². The number of piperazine rings is 1. The molecule has 0 radical (unpaired) electrons. The number of alkyl halides is 3. The Bertz CT molecular complexity index is 1440. The molecule has 1 saturated carbocycles. The average molecular weight is 585 g/mol. The van der Waals surface area contributed by atoms with Gasteiger partial charge >= 0.3 is 6.18 Å². The fourth-order valence-corrected chi connectivity index (χ4v) is 6.95. The fourth-order valence-electron chi connectivity index (χ4n) is 5.88. The maximum absolute atomic E-state index is 14.9. The van der Waals surface area contributed by atoms with Crippen molar-refractivity contribution in [3.05, 3.63) is 29.5 Å². The van der Waals surface area contributed by atoms with Gasteiger partial charge in [-0.25, -0.2) is 18.4 Å². The van der Waals surface area contributed by atoms with Gasteiger partial charge in [-0.1, -0.05) is 37.5 Å². The quantitative estimate of drug-likeness (QED) is 0.288. The van der Waals surface area contributed by atoms with E-state index in [1.54, 1.807) is 7.05 Å². The van der Waals surface area contributed by atoms with Gasteiger partial charge in [0.1, 0.15) is 5.69 Å². The van der Waals surface area contributed by atoms with E-state index in [2.05, 4.69) is 37.8 Å². The van der Waals surface area contributed by atoms with Crippen LogP contribution in [0.15, 0.2) is 12.3 Å². The number of benzene rings is 1. The minimum atomic E-state index is -5.14. The van der Waals surface area contributed by atoms with Crippen molar-refractivity contribution in [1.29, 1.82) is 0 Å². The number of aromatic hydroxyl groups is 1. The molecule has 2 aromatic heterocycles. The summed E-state index contributed by atoms with van der Waals surface area (Å²) in [5.41, 5.74) is -2.37. The summed E-state index contributed by atoms with van der Waals surface area (Å²) in [6, 6.07) is 0.518. The zero-order valence-electron chi connectivity index (χ0n) is 22.7. The maximum atomic E-state index is 14.9. The second-order valence-corrected chi connectivity index (χ2v) is 12.6. The molecule has 1 saturated heterocycles. The number of rotatable bonds is 5. The van der Waals surface area contributed by atoms with E-state index < -0.39 is 34.7 Å². The van der Waals surface area contributed by atoms with Crippen LogP contribution in [-0.4, -0.2) is 66.5 Å². The van der Waals surface area contributed by atoms with Crippen LogP contribution in [0, 0.1) is 17.6 Å². The Morgan fingerprint density at radius 3 is 2.52 bits per heavy atom. The largest absolute Gasteiger partial charge is 0.503 e. The molecule has 2 atom stereocenters. The summed E-state index contributed by atoms with van der Waals surface area (Å²) in [7, 11) is 1.59. The lowest BCUT2D eigenvalue weighted by Gasteiger charge is -2.43. The van der Waals surface area contributed by atoms with E-state index in [0.29, 0.717) is 30.1 Å². The lowest BCUT2D eigenvalue weighted by molar-refractivity contribution is -0.140. The minimum Gasteiger partial charge on any atom is -0.503 e. The first kappa shape index (κ1) is 28.7. The lowest BCUT2D eigenvalue weighted by atomic mass is 9.84. The molecule has 3 heterocycles. The second-order valence-electron chi connectivity index (χ2n) is 10.6. The number of phenolic OH excluding ortho intramolecular Hbond substituents is 1. The summed E-state index contributed by atoms with van der Waals surface area (Å²) in [4.78, 5) is 11.5. The van der Waals surface area contributed by atoms with Gasteiger partial charge in [0.15, 0.2) is 23.0 Å². The monoisotopic (exact) mass is 584 g/mol. The van der Waals surface area contributed by atoms with E-state index in [1.807, 2.05) is 0 Å². The van der Waals surface area contributed by atoms with Gasteiger partial charge in [0, 0.05) is 44.5 Å². The van der Waals surface area contributed by atoms with Crippen LogP contribution in [-0.2, 0) is 13.2 Å². The molecule has 0 amide bonds. The average Bonchev–Trinajstić information content (AvgIpc) is 3.26. The first-order valence-electron chi connectivity index (χ1n) is 13.4. The maximum Gasteiger partial charge on any atom is 0.419 e. The van der Waals surface area contributed by atoms with Crippen molar-refractivity contribution in [2.75, 3.05) is 30.8 Å². The Morgan fingerprint density at radius 2 is 1.85 bits per heavy atom. The van der Waals surface area contributed by atoms with Gasteiger partial charge < -0.3 is 10.0 Å². The summed E-state index contributed by atoms with van der Waals surface area (Å²) in [5.74, 6) is -4.18. The smallest absolute Gasteiger partial charge is 0.419 e. The van der Waals surface area contributed by atoms with Crippen LogP contribution < -0.4 is 4.90 Å². The highest BCUT2D eigenvalue weighted by molar-refractivity contribution is 8.12. The molecule has 0 bridgehead atoms. The van der Waals surface area contributed by atoms with E-state index in [0.717, 1.165) is 19.5 Å². The number of fused-ring (bicyclic) bond motifs is 1. The highest BCUT2D eigenvalue weighted by atomic mass is 32.2. The molecule has 1 unspecified atom stereocenters. The molecule has 1 aliphatic carbocycles. The van der Waals surface area contributed by atoms with Gasteiger partial charge in [0.2, 0.25) is 5.95 Å². The van der Waals surface area contributed by atoms with Gasteiger partial charge in [0.25, 0.3) is 0 Å². The molecule has 5 rings (SSSR count). The van der Waals surface area contributed by atoms with Gasteiger partial charge in [-0.05, 0) is 31.6 Å². The van der Waals surface area contributed by atoms with Crippen LogP contribution in [0.4, 0.5) is 27.9 Å². The van der Waals surface area contributed by atoms with Gasteiger partial charge in [-0.15, -0.1) is 10.7 Å². The Kier molecular flexibility index (Phi) is 8.06. The van der Waals surface area contributed by atoms with Crippen LogP contribution >= 0.6 is 10.7 Å². The summed E-state index contributed by atoms with van der Waals surface area (Å²) >= 11 is 0. The molecule has 40 heavy (non-hydrogen) atoms. The third kappa shape index (κ3) is 5.41. The topological polar surface area (TPSA) is 70.3 Å². The van der Waals surface area contributed by atoms with Crippen molar-refractivity contribution in [3.63, 3.8) is 0 Å². The molecule has 0 spiro atoms. The van der Waals surface area contributed by atoms with Crippen molar-refractivity contribution < 1.29 is 27.1 Å². The second kappa shape index (κ2) is 11.2. The van der Waals surface area contributed by atoms with E-state index in [1.165, 1.54) is 43.0 Å². The molecule has 3 aromatic rings. The van der Waals surface area contributed by atoms with E-state index in [-0.39, 0.29) is 27.8 Å². The zero-order valence-corrected chi connectivity index (χ0v) is 23.5. The van der Waals surface area contributed by atoms with Crippen LogP contribution in [0.25, 0.3) is 22.3 Å². The minimum absolute atomic E-state index is 0.0438. The molecule has 1 aromatic carbocycles. The predicted octanol–water partition coefficient (Wildman–Crippen LogP) is 6.13. The van der Waals surface area contributed by atoms with E-state index in [4.69, 9.17) is 4.98 Å².